The number of aliphatic hydroxyl groups excluding tert-OH is 1. The van der Waals surface area contributed by atoms with Crippen molar-refractivity contribution in [1.82, 2.24) is 15.2 Å². The van der Waals surface area contributed by atoms with Crippen LogP contribution in [0.1, 0.15) is 30.9 Å². The molecule has 0 unspecified atom stereocenters. The number of ether oxygens (including phenoxy) is 3. The molecule has 0 radical (unpaired) electrons. The summed E-state index contributed by atoms with van der Waals surface area (Å²) < 4.78 is 17.3. The summed E-state index contributed by atoms with van der Waals surface area (Å²) in [6, 6.07) is 16.1. The van der Waals surface area contributed by atoms with Crippen molar-refractivity contribution in [3.63, 3.8) is 0 Å². The summed E-state index contributed by atoms with van der Waals surface area (Å²) in [6.45, 7) is 4.80. The lowest BCUT2D eigenvalue weighted by Gasteiger charge is -2.30. The highest BCUT2D eigenvalue weighted by Crippen LogP contribution is 2.36. The number of likely N-dealkylation sites (tertiary alicyclic amines) is 1. The van der Waals surface area contributed by atoms with Gasteiger partial charge in [0.1, 0.15) is 25.1 Å². The monoisotopic (exact) mass is 578 g/mol. The number of nitrogens with zero attached hydrogens (tertiary/aromatic N) is 3. The SMILES string of the molecule is O=C(N[C@H](CN1CCCC1)[C@H](O)c1ccc2c(c1)OCCO2)[C@@H]1CCN(c2ccc(Cl)c(Oc3ccccn3)c2)C1. The molecule has 3 atom stereocenters. The maximum atomic E-state index is 13.6. The van der Waals surface area contributed by atoms with Crippen LogP contribution in [-0.2, 0) is 4.79 Å². The minimum absolute atomic E-state index is 0.0489. The smallest absolute Gasteiger partial charge is 0.225 e. The van der Waals surface area contributed by atoms with Crippen molar-refractivity contribution in [2.24, 2.45) is 5.92 Å². The molecule has 2 saturated heterocycles. The first kappa shape index (κ1) is 27.6. The lowest BCUT2D eigenvalue weighted by molar-refractivity contribution is -0.126. The van der Waals surface area contributed by atoms with E-state index in [0.29, 0.717) is 66.4 Å². The van der Waals surface area contributed by atoms with Gasteiger partial charge in [-0.2, -0.15) is 0 Å². The molecule has 2 fully saturated rings. The van der Waals surface area contributed by atoms with Crippen LogP contribution in [0.15, 0.2) is 60.8 Å². The summed E-state index contributed by atoms with van der Waals surface area (Å²) in [5, 5.41) is 15.2. The second-order valence-electron chi connectivity index (χ2n) is 10.8. The van der Waals surface area contributed by atoms with Gasteiger partial charge in [0, 0.05) is 43.7 Å². The van der Waals surface area contributed by atoms with Crippen LogP contribution in [0.4, 0.5) is 5.69 Å². The number of fused-ring (bicyclic) bond motifs is 1. The van der Waals surface area contributed by atoms with Crippen molar-refractivity contribution < 1.29 is 24.1 Å². The zero-order valence-corrected chi connectivity index (χ0v) is 23.6. The van der Waals surface area contributed by atoms with Gasteiger partial charge < -0.3 is 34.4 Å². The van der Waals surface area contributed by atoms with Crippen LogP contribution >= 0.6 is 11.6 Å². The first-order valence-corrected chi connectivity index (χ1v) is 14.6. The lowest BCUT2D eigenvalue weighted by Crippen LogP contribution is -2.48. The number of aromatic nitrogens is 1. The summed E-state index contributed by atoms with van der Waals surface area (Å²) in [4.78, 5) is 22.3. The summed E-state index contributed by atoms with van der Waals surface area (Å²) >= 11 is 6.40. The Morgan fingerprint density at radius 3 is 2.71 bits per heavy atom. The number of hydrogen-bond donors (Lipinski definition) is 2. The Morgan fingerprint density at radius 1 is 1.07 bits per heavy atom. The minimum Gasteiger partial charge on any atom is -0.486 e. The second-order valence-corrected chi connectivity index (χ2v) is 11.2. The van der Waals surface area contributed by atoms with Gasteiger partial charge in [-0.1, -0.05) is 23.7 Å². The third-order valence-electron chi connectivity index (χ3n) is 7.96. The van der Waals surface area contributed by atoms with E-state index in [2.05, 4.69) is 20.1 Å². The molecule has 0 saturated carbocycles. The summed E-state index contributed by atoms with van der Waals surface area (Å²) in [6.07, 6.45) is 3.76. The summed E-state index contributed by atoms with van der Waals surface area (Å²) in [5.74, 6) is 2.02. The van der Waals surface area contributed by atoms with Crippen LogP contribution in [0.3, 0.4) is 0 Å². The van der Waals surface area contributed by atoms with Gasteiger partial charge in [0.15, 0.2) is 11.5 Å². The molecule has 2 aromatic carbocycles. The highest BCUT2D eigenvalue weighted by Gasteiger charge is 2.33. The van der Waals surface area contributed by atoms with Gasteiger partial charge in [0.05, 0.1) is 17.0 Å². The molecule has 3 aliphatic heterocycles. The molecule has 9 nitrogen and oxygen atoms in total. The lowest BCUT2D eigenvalue weighted by atomic mass is 9.99. The first-order valence-electron chi connectivity index (χ1n) is 14.3. The van der Waals surface area contributed by atoms with Crippen LogP contribution < -0.4 is 24.4 Å². The van der Waals surface area contributed by atoms with E-state index < -0.39 is 12.1 Å². The average molecular weight is 579 g/mol. The third kappa shape index (κ3) is 6.53. The normalized spacial score (nSPS) is 20.0. The van der Waals surface area contributed by atoms with Crippen LogP contribution in [0, 0.1) is 5.92 Å². The van der Waals surface area contributed by atoms with Gasteiger partial charge in [-0.25, -0.2) is 4.98 Å². The van der Waals surface area contributed by atoms with E-state index in [1.807, 2.05) is 42.5 Å². The molecule has 0 aliphatic carbocycles. The van der Waals surface area contributed by atoms with Gasteiger partial charge in [-0.05, 0) is 68.2 Å². The standard InChI is InChI=1S/C31H35ClN4O5/c32-24-8-7-23(18-27(24)41-29-5-1-2-11-33-29)36-14-10-22(19-36)31(38)34-25(20-35-12-3-4-13-35)30(37)21-6-9-26-28(17-21)40-16-15-39-26/h1-2,5-9,11,17-18,22,25,30,37H,3-4,10,12-16,19-20H2,(H,34,38)/t22-,25-,30-/m1/s1. The largest absolute Gasteiger partial charge is 0.486 e. The molecular formula is C31H35ClN4O5. The molecule has 3 aromatic rings. The molecule has 0 bridgehead atoms. The van der Waals surface area contributed by atoms with Crippen molar-refractivity contribution in [2.45, 2.75) is 31.4 Å². The minimum atomic E-state index is -0.879. The molecule has 10 heteroatoms. The van der Waals surface area contributed by atoms with E-state index >= 15 is 0 Å². The number of benzene rings is 2. The predicted octanol–water partition coefficient (Wildman–Crippen LogP) is 4.44. The van der Waals surface area contributed by atoms with Crippen molar-refractivity contribution in [1.29, 1.82) is 0 Å². The number of nitrogens with one attached hydrogen (secondary N) is 1. The predicted molar refractivity (Wildman–Crippen MR) is 156 cm³/mol. The quantitative estimate of drug-likeness (QED) is 0.385. The summed E-state index contributed by atoms with van der Waals surface area (Å²) in [5.41, 5.74) is 1.63. The molecule has 3 aliphatic rings. The number of amides is 1. The molecular weight excluding hydrogens is 544 g/mol. The number of hydrogen-bond acceptors (Lipinski definition) is 8. The van der Waals surface area contributed by atoms with Gasteiger partial charge in [0.25, 0.3) is 0 Å². The number of carbonyl (C=O) groups excluding carboxylic acids is 1. The Hall–Kier alpha value is -3.53. The van der Waals surface area contributed by atoms with Crippen LogP contribution in [0.2, 0.25) is 5.02 Å². The fourth-order valence-corrected chi connectivity index (χ4v) is 5.90. The number of anilines is 1. The fourth-order valence-electron chi connectivity index (χ4n) is 5.74. The Labute approximate surface area is 245 Å². The van der Waals surface area contributed by atoms with Gasteiger partial charge in [-0.15, -0.1) is 0 Å². The molecule has 2 N–H and O–H groups in total. The Balaban J connectivity index is 1.13. The molecule has 1 aromatic heterocycles. The zero-order chi connectivity index (χ0) is 28.2. The average Bonchev–Trinajstić information content (AvgIpc) is 3.71. The maximum Gasteiger partial charge on any atom is 0.225 e. The van der Waals surface area contributed by atoms with Crippen LogP contribution in [0.5, 0.6) is 23.1 Å². The van der Waals surface area contributed by atoms with Crippen molar-refractivity contribution >= 4 is 23.2 Å². The third-order valence-corrected chi connectivity index (χ3v) is 8.27. The van der Waals surface area contributed by atoms with E-state index in [4.69, 9.17) is 25.8 Å². The fraction of sp³-hybridized carbons (Fsp3) is 0.419. The van der Waals surface area contributed by atoms with E-state index in [-0.39, 0.29) is 11.8 Å². The Bertz CT molecular complexity index is 1350. The molecule has 1 amide bonds. The molecule has 41 heavy (non-hydrogen) atoms. The molecule has 0 spiro atoms. The van der Waals surface area contributed by atoms with Crippen molar-refractivity contribution in [3.05, 3.63) is 71.4 Å². The van der Waals surface area contributed by atoms with E-state index in [9.17, 15) is 9.90 Å². The van der Waals surface area contributed by atoms with Gasteiger partial charge in [0.2, 0.25) is 11.8 Å². The van der Waals surface area contributed by atoms with Gasteiger partial charge in [-0.3, -0.25) is 4.79 Å². The maximum absolute atomic E-state index is 13.6. The zero-order valence-electron chi connectivity index (χ0n) is 22.9. The molecule has 4 heterocycles. The van der Waals surface area contributed by atoms with E-state index in [1.54, 1.807) is 18.3 Å². The van der Waals surface area contributed by atoms with Crippen LogP contribution in [-0.4, -0.2) is 72.9 Å². The number of rotatable bonds is 9. The second kappa shape index (κ2) is 12.5. The molecule has 6 rings (SSSR count). The number of carbonyl (C=O) groups is 1. The first-order chi connectivity index (χ1) is 20.0. The highest BCUT2D eigenvalue weighted by molar-refractivity contribution is 6.32. The number of pyridine rings is 1. The van der Waals surface area contributed by atoms with Crippen molar-refractivity contribution in [2.75, 3.05) is 50.8 Å². The molecule has 216 valence electrons. The number of halogens is 1. The Kier molecular flexibility index (Phi) is 8.46. The van der Waals surface area contributed by atoms with E-state index in [0.717, 1.165) is 38.2 Å². The topological polar surface area (TPSA) is 96.4 Å². The number of aliphatic hydroxyl groups is 1. The highest BCUT2D eigenvalue weighted by atomic mass is 35.5. The van der Waals surface area contributed by atoms with E-state index in [1.165, 1.54) is 0 Å². The van der Waals surface area contributed by atoms with Crippen molar-refractivity contribution in [3.8, 4) is 23.1 Å². The van der Waals surface area contributed by atoms with Gasteiger partial charge >= 0.3 is 0 Å². The Morgan fingerprint density at radius 2 is 1.90 bits per heavy atom. The summed E-state index contributed by atoms with van der Waals surface area (Å²) in [7, 11) is 0. The van der Waals surface area contributed by atoms with Crippen LogP contribution in [0.25, 0.3) is 0 Å².